The van der Waals surface area contributed by atoms with Gasteiger partial charge in [-0.3, -0.25) is 4.79 Å². The van der Waals surface area contributed by atoms with E-state index in [0.29, 0.717) is 18.2 Å². The number of nitrogens with zero attached hydrogens (tertiary/aromatic N) is 1. The number of hydrogen-bond acceptors (Lipinski definition) is 2. The normalized spacial score (nSPS) is 27.2. The molecule has 0 aromatic heterocycles. The van der Waals surface area contributed by atoms with E-state index in [1.165, 1.54) is 23.5 Å². The van der Waals surface area contributed by atoms with Crippen LogP contribution in [0.4, 0.5) is 14.9 Å². The smallest absolute Gasteiger partial charge is 0.315 e. The predicted molar refractivity (Wildman–Crippen MR) is 90.2 cm³/mol. The Morgan fingerprint density at radius 2 is 2.04 bits per heavy atom. The molecule has 24 heavy (non-hydrogen) atoms. The maximum Gasteiger partial charge on any atom is 0.315 e. The molecule has 6 heteroatoms. The van der Waals surface area contributed by atoms with Gasteiger partial charge in [-0.15, -0.1) is 0 Å². The van der Waals surface area contributed by atoms with Crippen LogP contribution in [0.5, 0.6) is 0 Å². The fraction of sp³-hybridized carbons (Fsp3) is 0.556. The molecule has 1 aliphatic carbocycles. The Bertz CT molecular complexity index is 622. The Hall–Kier alpha value is -2.11. The molecule has 2 fully saturated rings. The van der Waals surface area contributed by atoms with E-state index in [1.54, 1.807) is 12.1 Å². The molecule has 3 atom stereocenters. The number of nitrogens with one attached hydrogen (secondary N) is 2. The molecule has 0 spiro atoms. The fourth-order valence-electron chi connectivity index (χ4n) is 3.62. The second-order valence-corrected chi connectivity index (χ2v) is 6.87. The molecular weight excluding hydrogens is 309 g/mol. The summed E-state index contributed by atoms with van der Waals surface area (Å²) in [6.07, 6.45) is 4.75. The van der Waals surface area contributed by atoms with E-state index in [2.05, 4.69) is 17.6 Å². The van der Waals surface area contributed by atoms with Gasteiger partial charge in [-0.25, -0.2) is 9.18 Å². The SMILES string of the molecule is C[C@@H]1CCCC[C@H]1NC(=O)N[C@@H]1CC(=O)N(c2cccc(F)c2)C1. The van der Waals surface area contributed by atoms with Crippen LogP contribution >= 0.6 is 0 Å². The number of benzene rings is 1. The molecule has 0 bridgehead atoms. The van der Waals surface area contributed by atoms with Crippen molar-refractivity contribution in [2.75, 3.05) is 11.4 Å². The lowest BCUT2D eigenvalue weighted by Crippen LogP contribution is -2.49. The van der Waals surface area contributed by atoms with Crippen LogP contribution in [0.3, 0.4) is 0 Å². The number of carbonyl (C=O) groups is 2. The number of amides is 3. The Balaban J connectivity index is 1.55. The van der Waals surface area contributed by atoms with Crippen molar-refractivity contribution >= 4 is 17.6 Å². The first-order valence-corrected chi connectivity index (χ1v) is 8.66. The molecule has 3 rings (SSSR count). The van der Waals surface area contributed by atoms with Gasteiger partial charge in [0.25, 0.3) is 0 Å². The zero-order chi connectivity index (χ0) is 17.1. The maximum absolute atomic E-state index is 13.3. The number of rotatable bonds is 3. The second-order valence-electron chi connectivity index (χ2n) is 6.87. The molecule has 0 radical (unpaired) electrons. The zero-order valence-electron chi connectivity index (χ0n) is 13.9. The van der Waals surface area contributed by atoms with Gasteiger partial charge < -0.3 is 15.5 Å². The summed E-state index contributed by atoms with van der Waals surface area (Å²) in [6, 6.07) is 5.70. The van der Waals surface area contributed by atoms with Gasteiger partial charge in [-0.05, 0) is 37.0 Å². The molecule has 130 valence electrons. The highest BCUT2D eigenvalue weighted by Crippen LogP contribution is 2.24. The van der Waals surface area contributed by atoms with Crippen LogP contribution in [0.15, 0.2) is 24.3 Å². The minimum Gasteiger partial charge on any atom is -0.335 e. The van der Waals surface area contributed by atoms with Gasteiger partial charge in [0.05, 0.1) is 6.04 Å². The van der Waals surface area contributed by atoms with E-state index in [4.69, 9.17) is 0 Å². The summed E-state index contributed by atoms with van der Waals surface area (Å²) in [7, 11) is 0. The fourth-order valence-corrected chi connectivity index (χ4v) is 3.62. The standard InChI is InChI=1S/C18H24FN3O2/c1-12-5-2-3-8-16(12)21-18(24)20-14-10-17(23)22(11-14)15-7-4-6-13(19)9-15/h4,6-7,9,12,14,16H,2-3,5,8,10-11H2,1H3,(H2,20,21,24)/t12-,14-,16-/m1/s1. The first-order chi connectivity index (χ1) is 11.5. The Kier molecular flexibility index (Phi) is 5.02. The predicted octanol–water partition coefficient (Wildman–Crippen LogP) is 2.81. The Labute approximate surface area is 141 Å². The lowest BCUT2D eigenvalue weighted by Gasteiger charge is -2.30. The largest absolute Gasteiger partial charge is 0.335 e. The van der Waals surface area contributed by atoms with Crippen molar-refractivity contribution in [1.82, 2.24) is 10.6 Å². The van der Waals surface area contributed by atoms with Crippen molar-refractivity contribution in [2.24, 2.45) is 5.92 Å². The molecule has 1 aliphatic heterocycles. The van der Waals surface area contributed by atoms with Crippen LogP contribution in [0.1, 0.15) is 39.0 Å². The number of halogens is 1. The average Bonchev–Trinajstić information content (AvgIpc) is 2.90. The summed E-state index contributed by atoms with van der Waals surface area (Å²) in [4.78, 5) is 25.9. The quantitative estimate of drug-likeness (QED) is 0.893. The average molecular weight is 333 g/mol. The van der Waals surface area contributed by atoms with E-state index >= 15 is 0 Å². The molecule has 1 saturated heterocycles. The highest BCUT2D eigenvalue weighted by atomic mass is 19.1. The van der Waals surface area contributed by atoms with Crippen molar-refractivity contribution in [2.45, 2.75) is 51.1 Å². The third-order valence-electron chi connectivity index (χ3n) is 5.01. The van der Waals surface area contributed by atoms with Gasteiger partial charge in [-0.2, -0.15) is 0 Å². The van der Waals surface area contributed by atoms with Crippen molar-refractivity contribution in [1.29, 1.82) is 0 Å². The molecule has 3 amide bonds. The molecule has 5 nitrogen and oxygen atoms in total. The lowest BCUT2D eigenvalue weighted by atomic mass is 9.86. The number of carbonyl (C=O) groups excluding carboxylic acids is 2. The minimum absolute atomic E-state index is 0.100. The molecular formula is C18H24FN3O2. The van der Waals surface area contributed by atoms with Gasteiger partial charge in [0.15, 0.2) is 0 Å². The molecule has 1 aromatic carbocycles. The van der Waals surface area contributed by atoms with Gasteiger partial charge in [0, 0.05) is 24.7 Å². The molecule has 1 heterocycles. The van der Waals surface area contributed by atoms with Crippen molar-refractivity contribution in [3.05, 3.63) is 30.1 Å². The van der Waals surface area contributed by atoms with Gasteiger partial charge in [0.1, 0.15) is 5.82 Å². The summed E-state index contributed by atoms with van der Waals surface area (Å²) >= 11 is 0. The van der Waals surface area contributed by atoms with Gasteiger partial charge in [0.2, 0.25) is 5.91 Å². The Morgan fingerprint density at radius 1 is 1.25 bits per heavy atom. The van der Waals surface area contributed by atoms with E-state index < -0.39 is 0 Å². The first kappa shape index (κ1) is 16.7. The molecule has 1 saturated carbocycles. The summed E-state index contributed by atoms with van der Waals surface area (Å²) in [5.74, 6) is 0.0103. The van der Waals surface area contributed by atoms with Crippen LogP contribution in [0.25, 0.3) is 0 Å². The number of anilines is 1. The third kappa shape index (κ3) is 3.86. The van der Waals surface area contributed by atoms with Crippen LogP contribution in [-0.2, 0) is 4.79 Å². The van der Waals surface area contributed by atoms with E-state index in [-0.39, 0.29) is 36.3 Å². The van der Waals surface area contributed by atoms with Gasteiger partial charge >= 0.3 is 6.03 Å². The van der Waals surface area contributed by atoms with Gasteiger partial charge in [-0.1, -0.05) is 25.8 Å². The third-order valence-corrected chi connectivity index (χ3v) is 5.01. The van der Waals surface area contributed by atoms with Crippen LogP contribution < -0.4 is 15.5 Å². The van der Waals surface area contributed by atoms with Crippen LogP contribution in [0.2, 0.25) is 0 Å². The summed E-state index contributed by atoms with van der Waals surface area (Å²) < 4.78 is 13.3. The number of urea groups is 1. The maximum atomic E-state index is 13.3. The van der Waals surface area contributed by atoms with Crippen LogP contribution in [-0.4, -0.2) is 30.6 Å². The van der Waals surface area contributed by atoms with E-state index in [9.17, 15) is 14.0 Å². The highest BCUT2D eigenvalue weighted by Gasteiger charge is 2.32. The zero-order valence-corrected chi connectivity index (χ0v) is 13.9. The summed E-state index contributed by atoms with van der Waals surface area (Å²) in [5, 5.41) is 5.92. The van der Waals surface area contributed by atoms with E-state index in [0.717, 1.165) is 19.3 Å². The minimum atomic E-state index is -0.374. The van der Waals surface area contributed by atoms with Crippen molar-refractivity contribution in [3.63, 3.8) is 0 Å². The first-order valence-electron chi connectivity index (χ1n) is 8.66. The Morgan fingerprint density at radius 3 is 2.79 bits per heavy atom. The van der Waals surface area contributed by atoms with Crippen molar-refractivity contribution < 1.29 is 14.0 Å². The topological polar surface area (TPSA) is 61.4 Å². The second kappa shape index (κ2) is 7.20. The molecule has 0 unspecified atom stereocenters. The van der Waals surface area contributed by atoms with Crippen molar-refractivity contribution in [3.8, 4) is 0 Å². The summed E-state index contributed by atoms with van der Waals surface area (Å²) in [5.41, 5.74) is 0.533. The number of hydrogen-bond donors (Lipinski definition) is 2. The highest BCUT2D eigenvalue weighted by molar-refractivity contribution is 5.96. The van der Waals surface area contributed by atoms with Crippen LogP contribution in [0, 0.1) is 11.7 Å². The molecule has 2 N–H and O–H groups in total. The van der Waals surface area contributed by atoms with E-state index in [1.807, 2.05) is 0 Å². The molecule has 1 aromatic rings. The molecule has 2 aliphatic rings. The summed E-state index contributed by atoms with van der Waals surface area (Å²) in [6.45, 7) is 2.53. The monoisotopic (exact) mass is 333 g/mol. The lowest BCUT2D eigenvalue weighted by molar-refractivity contribution is -0.117.